The third kappa shape index (κ3) is 3.05. The Bertz CT molecular complexity index is 553. The molecular weight excluding hydrogens is 272 g/mol. The maximum Gasteiger partial charge on any atom is 0.256 e. The highest BCUT2D eigenvalue weighted by molar-refractivity contribution is 8.00. The number of halogens is 1. The van der Waals surface area contributed by atoms with Crippen LogP contribution >= 0.6 is 23.4 Å². The summed E-state index contributed by atoms with van der Waals surface area (Å²) >= 11 is 7.00. The van der Waals surface area contributed by atoms with Crippen LogP contribution in [0.1, 0.15) is 6.92 Å². The van der Waals surface area contributed by atoms with Gasteiger partial charge in [-0.15, -0.1) is 0 Å². The van der Waals surface area contributed by atoms with E-state index in [1.54, 1.807) is 25.3 Å². The van der Waals surface area contributed by atoms with Crippen LogP contribution in [-0.4, -0.2) is 16.1 Å². The van der Waals surface area contributed by atoms with Gasteiger partial charge >= 0.3 is 0 Å². The van der Waals surface area contributed by atoms with Crippen LogP contribution in [0.4, 0.5) is 0 Å². The van der Waals surface area contributed by atoms with Crippen molar-refractivity contribution in [2.45, 2.75) is 17.4 Å². The minimum atomic E-state index is -0.397. The third-order valence-electron chi connectivity index (χ3n) is 2.29. The van der Waals surface area contributed by atoms with E-state index in [1.807, 2.05) is 12.1 Å². The number of nitrogens with zero attached hydrogens (tertiary/aromatic N) is 1. The number of primary amides is 1. The van der Waals surface area contributed by atoms with E-state index in [0.29, 0.717) is 16.0 Å². The van der Waals surface area contributed by atoms with Gasteiger partial charge in [0.2, 0.25) is 5.91 Å². The van der Waals surface area contributed by atoms with Gasteiger partial charge in [0.25, 0.3) is 5.22 Å². The topological polar surface area (TPSA) is 69.1 Å². The number of amides is 1. The molecule has 0 unspecified atom stereocenters. The highest BCUT2D eigenvalue weighted by Crippen LogP contribution is 2.28. The van der Waals surface area contributed by atoms with Gasteiger partial charge < -0.3 is 10.2 Å². The third-order valence-corrected chi connectivity index (χ3v) is 3.52. The van der Waals surface area contributed by atoms with Crippen molar-refractivity contribution in [2.75, 3.05) is 0 Å². The van der Waals surface area contributed by atoms with E-state index in [9.17, 15) is 4.79 Å². The molecule has 0 radical (unpaired) electrons. The molecule has 94 valence electrons. The average Bonchev–Trinajstić information content (AvgIpc) is 2.78. The molecule has 1 aromatic heterocycles. The Balaban J connectivity index is 2.15. The first-order chi connectivity index (χ1) is 8.56. The van der Waals surface area contributed by atoms with Crippen molar-refractivity contribution in [3.63, 3.8) is 0 Å². The molecule has 2 aromatic rings. The van der Waals surface area contributed by atoms with Gasteiger partial charge in [-0.05, 0) is 31.2 Å². The molecule has 0 aliphatic carbocycles. The second-order valence-electron chi connectivity index (χ2n) is 3.66. The molecule has 0 bridgehead atoms. The van der Waals surface area contributed by atoms with Gasteiger partial charge in [-0.3, -0.25) is 4.79 Å². The number of carbonyl (C=O) groups excluding carboxylic acids is 1. The van der Waals surface area contributed by atoms with E-state index in [-0.39, 0.29) is 5.25 Å². The first-order valence-electron chi connectivity index (χ1n) is 5.24. The second-order valence-corrected chi connectivity index (χ2v) is 5.39. The number of benzene rings is 1. The van der Waals surface area contributed by atoms with Crippen molar-refractivity contribution in [1.82, 2.24) is 4.98 Å². The lowest BCUT2D eigenvalue weighted by atomic mass is 10.2. The Labute approximate surface area is 114 Å². The molecule has 6 heteroatoms. The number of aromatic nitrogens is 1. The lowest BCUT2D eigenvalue weighted by molar-refractivity contribution is -0.117. The zero-order valence-corrected chi connectivity index (χ0v) is 11.2. The Morgan fingerprint density at radius 3 is 2.72 bits per heavy atom. The van der Waals surface area contributed by atoms with Gasteiger partial charge in [-0.2, -0.15) is 0 Å². The normalized spacial score (nSPS) is 12.3. The molecule has 0 saturated heterocycles. The largest absolute Gasteiger partial charge is 0.431 e. The van der Waals surface area contributed by atoms with Crippen molar-refractivity contribution in [3.8, 4) is 11.3 Å². The summed E-state index contributed by atoms with van der Waals surface area (Å²) in [6, 6.07) is 7.24. The number of nitrogens with two attached hydrogens (primary N) is 1. The fourth-order valence-corrected chi connectivity index (χ4v) is 2.07. The first kappa shape index (κ1) is 13.0. The molecule has 1 atom stereocenters. The summed E-state index contributed by atoms with van der Waals surface area (Å²) in [6.07, 6.45) is 1.61. The smallest absolute Gasteiger partial charge is 0.256 e. The number of thioether (sulfide) groups is 1. The van der Waals surface area contributed by atoms with E-state index < -0.39 is 5.91 Å². The summed E-state index contributed by atoms with van der Waals surface area (Å²) in [5.41, 5.74) is 6.05. The van der Waals surface area contributed by atoms with E-state index in [1.165, 1.54) is 11.8 Å². The summed E-state index contributed by atoms with van der Waals surface area (Å²) in [6.45, 7) is 1.71. The standard InChI is InChI=1S/C12H11ClN2O2S/c1-7(11(14)16)18-12-15-6-10(17-12)8-2-4-9(13)5-3-8/h2-7H,1H3,(H2,14,16)/t7-/m0/s1. The molecule has 18 heavy (non-hydrogen) atoms. The van der Waals surface area contributed by atoms with Crippen LogP contribution in [0.25, 0.3) is 11.3 Å². The number of rotatable bonds is 4. The van der Waals surface area contributed by atoms with Crippen LogP contribution in [0, 0.1) is 0 Å². The quantitative estimate of drug-likeness (QED) is 0.875. The summed E-state index contributed by atoms with van der Waals surface area (Å²) in [4.78, 5) is 15.0. The number of hydrogen-bond acceptors (Lipinski definition) is 4. The highest BCUT2D eigenvalue weighted by Gasteiger charge is 2.15. The SMILES string of the molecule is C[C@H](Sc1ncc(-c2ccc(Cl)cc2)o1)C(N)=O. The van der Waals surface area contributed by atoms with Gasteiger partial charge in [0, 0.05) is 10.6 Å². The van der Waals surface area contributed by atoms with Crippen molar-refractivity contribution >= 4 is 29.3 Å². The minimum Gasteiger partial charge on any atom is -0.431 e. The molecule has 0 fully saturated rings. The van der Waals surface area contributed by atoms with Gasteiger partial charge in [0.05, 0.1) is 11.4 Å². The van der Waals surface area contributed by atoms with Crippen molar-refractivity contribution < 1.29 is 9.21 Å². The molecular formula is C12H11ClN2O2S. The summed E-state index contributed by atoms with van der Waals surface area (Å²) in [5.74, 6) is 0.233. The lowest BCUT2D eigenvalue weighted by Gasteiger charge is -2.01. The molecule has 4 nitrogen and oxygen atoms in total. The Hall–Kier alpha value is -1.46. The Kier molecular flexibility index (Phi) is 3.93. The van der Waals surface area contributed by atoms with Crippen LogP contribution in [0.3, 0.4) is 0 Å². The molecule has 2 rings (SSSR count). The van der Waals surface area contributed by atoms with Crippen molar-refractivity contribution in [3.05, 3.63) is 35.5 Å². The molecule has 1 amide bonds. The molecule has 0 aliphatic rings. The molecule has 0 aliphatic heterocycles. The zero-order chi connectivity index (χ0) is 13.1. The van der Waals surface area contributed by atoms with Crippen LogP contribution in [-0.2, 0) is 4.79 Å². The number of carbonyl (C=O) groups is 1. The van der Waals surface area contributed by atoms with Crippen LogP contribution in [0.15, 0.2) is 40.1 Å². The van der Waals surface area contributed by atoms with Crippen molar-refractivity contribution in [1.29, 1.82) is 0 Å². The van der Waals surface area contributed by atoms with Crippen LogP contribution in [0.5, 0.6) is 0 Å². The maximum absolute atomic E-state index is 10.9. The Morgan fingerprint density at radius 2 is 2.11 bits per heavy atom. The molecule has 2 N–H and O–H groups in total. The molecule has 0 saturated carbocycles. The van der Waals surface area contributed by atoms with Gasteiger partial charge in [-0.1, -0.05) is 23.4 Å². The zero-order valence-electron chi connectivity index (χ0n) is 9.59. The fraction of sp³-hybridized carbons (Fsp3) is 0.167. The van der Waals surface area contributed by atoms with E-state index in [4.69, 9.17) is 21.8 Å². The number of oxazole rings is 1. The number of hydrogen-bond donors (Lipinski definition) is 1. The van der Waals surface area contributed by atoms with Gasteiger partial charge in [0.1, 0.15) is 0 Å². The minimum absolute atomic E-state index is 0.373. The van der Waals surface area contributed by atoms with E-state index >= 15 is 0 Å². The van der Waals surface area contributed by atoms with E-state index in [0.717, 1.165) is 5.56 Å². The lowest BCUT2D eigenvalue weighted by Crippen LogP contribution is -2.22. The molecule has 1 aromatic carbocycles. The summed E-state index contributed by atoms with van der Waals surface area (Å²) < 4.78 is 5.53. The maximum atomic E-state index is 10.9. The Morgan fingerprint density at radius 1 is 1.44 bits per heavy atom. The first-order valence-corrected chi connectivity index (χ1v) is 6.50. The monoisotopic (exact) mass is 282 g/mol. The highest BCUT2D eigenvalue weighted by atomic mass is 35.5. The predicted octanol–water partition coefficient (Wildman–Crippen LogP) is 2.96. The van der Waals surface area contributed by atoms with Crippen LogP contribution < -0.4 is 5.73 Å². The summed E-state index contributed by atoms with van der Waals surface area (Å²) in [5, 5.41) is 0.711. The van der Waals surface area contributed by atoms with Gasteiger partial charge in [0.15, 0.2) is 5.76 Å². The summed E-state index contributed by atoms with van der Waals surface area (Å²) in [7, 11) is 0. The second kappa shape index (κ2) is 5.46. The predicted molar refractivity (Wildman–Crippen MR) is 71.5 cm³/mol. The fourth-order valence-electron chi connectivity index (χ4n) is 1.27. The van der Waals surface area contributed by atoms with Gasteiger partial charge in [-0.25, -0.2) is 4.98 Å². The molecule has 0 spiro atoms. The van der Waals surface area contributed by atoms with E-state index in [2.05, 4.69) is 4.98 Å². The average molecular weight is 283 g/mol. The van der Waals surface area contributed by atoms with Crippen molar-refractivity contribution in [2.24, 2.45) is 5.73 Å². The molecule has 1 heterocycles. The van der Waals surface area contributed by atoms with Crippen LogP contribution in [0.2, 0.25) is 5.02 Å².